The smallest absolute Gasteiger partial charge is 0.458 e. The first-order valence-corrected chi connectivity index (χ1v) is 22.0. The van der Waals surface area contributed by atoms with E-state index in [1.54, 1.807) is 34.6 Å². The Bertz CT molecular complexity index is 1470. The molecule has 0 radical (unpaired) electrons. The van der Waals surface area contributed by atoms with E-state index in [2.05, 4.69) is 10.9 Å². The van der Waals surface area contributed by atoms with Crippen LogP contribution in [0.15, 0.2) is 0 Å². The Morgan fingerprint density at radius 2 is 1.66 bits per heavy atom. The summed E-state index contributed by atoms with van der Waals surface area (Å²) in [5, 5.41) is 24.4. The van der Waals surface area contributed by atoms with E-state index < -0.39 is 102 Å². The van der Waals surface area contributed by atoms with E-state index in [0.717, 1.165) is 0 Å². The number of rotatable bonds is 10. The van der Waals surface area contributed by atoms with Gasteiger partial charge < -0.3 is 57.7 Å². The van der Waals surface area contributed by atoms with Gasteiger partial charge in [0.15, 0.2) is 30.4 Å². The zero-order valence-corrected chi connectivity index (χ0v) is 39.5. The Morgan fingerprint density at radius 1 is 1.00 bits per heavy atom. The topological polar surface area (TPSA) is 205 Å². The number of ether oxygens (including phenoxy) is 9. The second-order valence-corrected chi connectivity index (χ2v) is 19.4. The standard InChI is InChI=1S/C43H78N4O14/c1-17-30-43(12)35(60-40(51)61-43)27(8)47(15)21-23(4)19-41(10,52)34(58-38-32(48)29(46(13)14)18-24(5)54-38)25(6)33(26(7)37(49)56-30)57-31-20-42(11,53-16)36(28(9)55-31)59-39(50)45-44-22(2)3/h22-36,38,44,48,52H,17-21H2,1-16H3,(H,45,50)/t23-,24-,25+,26-,27-,28+,29+,30-,31+,32-,33+,34-,35+,36+,38+,41-,42-,43-/m1/s1. The van der Waals surface area contributed by atoms with E-state index in [1.165, 1.54) is 7.11 Å². The fourth-order valence-corrected chi connectivity index (χ4v) is 9.90. The number of hydrogen-bond donors (Lipinski definition) is 4. The van der Waals surface area contributed by atoms with Crippen LogP contribution in [0.1, 0.15) is 109 Å². The number of amides is 1. The zero-order valence-electron chi connectivity index (χ0n) is 39.5. The Kier molecular flexibility index (Phi) is 17.3. The summed E-state index contributed by atoms with van der Waals surface area (Å²) in [6.07, 6.45) is -9.32. The SMILES string of the molecule is CC[C@H]1OC(=O)[C@H](C)[C@@H](O[C@H]2C[C@@](C)(OC)[C@@H](OC(=O)NNC(C)C)[C@H](C)O2)[C@H](C)[C@@H](O[C@@H]2O[C@H](C)C[C@H](N(C)C)[C@H]2O)[C@](C)(O)C[C@@H](C)CN(C)[C@H](C)[C@@H]2OC(=O)O[C@]12C. The summed E-state index contributed by atoms with van der Waals surface area (Å²) in [5.74, 6) is -2.62. The van der Waals surface area contributed by atoms with E-state index in [9.17, 15) is 24.6 Å². The van der Waals surface area contributed by atoms with Crippen LogP contribution in [0, 0.1) is 17.8 Å². The predicted molar refractivity (Wildman–Crippen MR) is 223 cm³/mol. The number of carbonyl (C=O) groups is 3. The van der Waals surface area contributed by atoms with Gasteiger partial charge in [-0.2, -0.15) is 0 Å². The summed E-state index contributed by atoms with van der Waals surface area (Å²) < 4.78 is 56.2. The molecule has 4 heterocycles. The molecule has 4 fully saturated rings. The third kappa shape index (κ3) is 11.9. The van der Waals surface area contributed by atoms with Gasteiger partial charge >= 0.3 is 18.2 Å². The van der Waals surface area contributed by atoms with Gasteiger partial charge in [0.25, 0.3) is 0 Å². The molecular formula is C43H78N4O14. The van der Waals surface area contributed by atoms with Gasteiger partial charge in [0.2, 0.25) is 0 Å². The van der Waals surface area contributed by atoms with E-state index in [0.29, 0.717) is 19.4 Å². The van der Waals surface area contributed by atoms with Gasteiger partial charge in [0.1, 0.15) is 17.8 Å². The molecule has 0 aliphatic carbocycles. The Morgan fingerprint density at radius 3 is 2.25 bits per heavy atom. The molecule has 18 atom stereocenters. The molecule has 18 nitrogen and oxygen atoms in total. The quantitative estimate of drug-likeness (QED) is 0.140. The highest BCUT2D eigenvalue weighted by Crippen LogP contribution is 2.42. The van der Waals surface area contributed by atoms with Gasteiger partial charge in [-0.15, -0.1) is 0 Å². The number of hydrazine groups is 1. The maximum atomic E-state index is 14.6. The molecule has 0 spiro atoms. The van der Waals surface area contributed by atoms with Crippen LogP contribution < -0.4 is 10.9 Å². The van der Waals surface area contributed by atoms with Gasteiger partial charge in [0, 0.05) is 44.1 Å². The minimum atomic E-state index is -1.59. The van der Waals surface area contributed by atoms with E-state index in [-0.39, 0.29) is 43.0 Å². The molecule has 4 aliphatic rings. The average molecular weight is 875 g/mol. The third-order valence-electron chi connectivity index (χ3n) is 13.3. The molecular weight excluding hydrogens is 796 g/mol. The predicted octanol–water partition coefficient (Wildman–Crippen LogP) is 3.73. The minimum Gasteiger partial charge on any atom is -0.458 e. The Balaban J connectivity index is 1.80. The van der Waals surface area contributed by atoms with Gasteiger partial charge in [0.05, 0.1) is 35.9 Å². The van der Waals surface area contributed by atoms with Crippen LogP contribution >= 0.6 is 0 Å². The van der Waals surface area contributed by atoms with Crippen molar-refractivity contribution in [3.8, 4) is 0 Å². The number of carbonyl (C=O) groups excluding carboxylic acids is 3. The van der Waals surface area contributed by atoms with Crippen LogP contribution in [-0.4, -0.2) is 169 Å². The number of likely N-dealkylation sites (N-methyl/N-ethyl adjacent to an activating group) is 2. The largest absolute Gasteiger partial charge is 0.509 e. The minimum absolute atomic E-state index is 0.0371. The highest BCUT2D eigenvalue weighted by Gasteiger charge is 2.58. The lowest BCUT2D eigenvalue weighted by Crippen LogP contribution is -2.61. The molecule has 4 saturated heterocycles. The first kappa shape index (κ1) is 51.2. The summed E-state index contributed by atoms with van der Waals surface area (Å²) in [6, 6.07) is -0.705. The number of nitrogens with one attached hydrogen (secondary N) is 2. The molecule has 0 unspecified atom stereocenters. The van der Waals surface area contributed by atoms with Crippen molar-refractivity contribution in [3.05, 3.63) is 0 Å². The van der Waals surface area contributed by atoms with Crippen LogP contribution in [-0.2, 0) is 47.4 Å². The van der Waals surface area contributed by atoms with Crippen molar-refractivity contribution in [2.75, 3.05) is 34.8 Å². The average Bonchev–Trinajstić information content (AvgIpc) is 3.48. The van der Waals surface area contributed by atoms with Crippen molar-refractivity contribution >= 4 is 18.2 Å². The van der Waals surface area contributed by atoms with Crippen LogP contribution in [0.4, 0.5) is 9.59 Å². The molecule has 4 aliphatic heterocycles. The molecule has 18 heteroatoms. The molecule has 4 rings (SSSR count). The molecule has 0 bridgehead atoms. The number of esters is 1. The second kappa shape index (κ2) is 20.6. The molecule has 61 heavy (non-hydrogen) atoms. The molecule has 1 amide bonds. The number of fused-ring (bicyclic) bond motifs is 1. The van der Waals surface area contributed by atoms with Crippen LogP contribution in [0.3, 0.4) is 0 Å². The maximum absolute atomic E-state index is 14.6. The lowest BCUT2D eigenvalue weighted by molar-refractivity contribution is -0.317. The van der Waals surface area contributed by atoms with E-state index in [1.807, 2.05) is 79.4 Å². The molecule has 0 aromatic carbocycles. The monoisotopic (exact) mass is 875 g/mol. The van der Waals surface area contributed by atoms with E-state index >= 15 is 0 Å². The number of cyclic esters (lactones) is 1. The van der Waals surface area contributed by atoms with Crippen LogP contribution in [0.25, 0.3) is 0 Å². The normalized spacial score (nSPS) is 44.6. The maximum Gasteiger partial charge on any atom is 0.509 e. The van der Waals surface area contributed by atoms with Crippen molar-refractivity contribution in [1.82, 2.24) is 20.7 Å². The van der Waals surface area contributed by atoms with Crippen molar-refractivity contribution < 1.29 is 67.2 Å². The van der Waals surface area contributed by atoms with Crippen molar-refractivity contribution in [2.45, 2.75) is 205 Å². The van der Waals surface area contributed by atoms with Crippen LogP contribution in [0.2, 0.25) is 0 Å². The van der Waals surface area contributed by atoms with Crippen molar-refractivity contribution in [1.29, 1.82) is 0 Å². The van der Waals surface area contributed by atoms with Crippen molar-refractivity contribution in [2.24, 2.45) is 17.8 Å². The lowest BCUT2D eigenvalue weighted by Gasteiger charge is -2.49. The van der Waals surface area contributed by atoms with Crippen LogP contribution in [0.5, 0.6) is 0 Å². The number of methoxy groups -OCH3 is 1. The second-order valence-electron chi connectivity index (χ2n) is 19.4. The highest BCUT2D eigenvalue weighted by atomic mass is 16.8. The van der Waals surface area contributed by atoms with Gasteiger partial charge in [-0.3, -0.25) is 15.1 Å². The fraction of sp³-hybridized carbons (Fsp3) is 0.930. The van der Waals surface area contributed by atoms with Gasteiger partial charge in [-0.1, -0.05) is 20.8 Å². The summed E-state index contributed by atoms with van der Waals surface area (Å²) in [7, 11) is 7.19. The van der Waals surface area contributed by atoms with Crippen molar-refractivity contribution in [3.63, 3.8) is 0 Å². The summed E-state index contributed by atoms with van der Waals surface area (Å²) >= 11 is 0. The third-order valence-corrected chi connectivity index (χ3v) is 13.3. The molecule has 0 aromatic rings. The molecule has 0 aromatic heterocycles. The molecule has 354 valence electrons. The highest BCUT2D eigenvalue weighted by molar-refractivity contribution is 5.73. The van der Waals surface area contributed by atoms with Gasteiger partial charge in [-0.25, -0.2) is 15.0 Å². The molecule has 0 saturated carbocycles. The summed E-state index contributed by atoms with van der Waals surface area (Å²) in [6.45, 7) is 22.4. The fourth-order valence-electron chi connectivity index (χ4n) is 9.90. The van der Waals surface area contributed by atoms with E-state index in [4.69, 9.17) is 42.6 Å². The zero-order chi connectivity index (χ0) is 45.9. The van der Waals surface area contributed by atoms with Gasteiger partial charge in [-0.05, 0) is 109 Å². The Hall–Kier alpha value is -2.39. The first-order chi connectivity index (χ1) is 28.3. The Labute approximate surface area is 363 Å². The summed E-state index contributed by atoms with van der Waals surface area (Å²) in [5.41, 5.74) is 1.33. The number of nitrogens with zero attached hydrogens (tertiary/aromatic N) is 2. The molecule has 4 N–H and O–H groups in total. The first-order valence-electron chi connectivity index (χ1n) is 22.0. The number of hydrogen-bond acceptors (Lipinski definition) is 17. The number of aliphatic hydroxyl groups excluding tert-OH is 1. The lowest BCUT2D eigenvalue weighted by atomic mass is 9.77. The number of aliphatic hydroxyl groups is 2. The summed E-state index contributed by atoms with van der Waals surface area (Å²) in [4.78, 5) is 44.2.